The monoisotopic (exact) mass is 286 g/mol. The normalized spacial score (nSPS) is 10.7. The van der Waals surface area contributed by atoms with Crippen LogP contribution in [0.25, 0.3) is 0 Å². The molecular formula is C14H14N4O3. The van der Waals surface area contributed by atoms with Crippen molar-refractivity contribution in [1.82, 2.24) is 9.99 Å². The number of aromatic nitrogens is 1. The second-order valence-electron chi connectivity index (χ2n) is 4.40. The van der Waals surface area contributed by atoms with E-state index in [1.807, 2.05) is 29.9 Å². The first kappa shape index (κ1) is 14.4. The van der Waals surface area contributed by atoms with Crippen LogP contribution in [-0.4, -0.2) is 21.6 Å². The molecule has 0 aliphatic heterocycles. The summed E-state index contributed by atoms with van der Waals surface area (Å²) in [6.45, 7) is 0. The Bertz CT molecular complexity index is 691. The molecule has 1 N–H and O–H groups in total. The van der Waals surface area contributed by atoms with Crippen molar-refractivity contribution >= 4 is 17.8 Å². The number of nitro benzene ring substituents is 1. The second-order valence-corrected chi connectivity index (χ2v) is 4.40. The van der Waals surface area contributed by atoms with Crippen LogP contribution in [0.4, 0.5) is 5.69 Å². The van der Waals surface area contributed by atoms with Crippen LogP contribution in [0.15, 0.2) is 47.7 Å². The Morgan fingerprint density at radius 3 is 2.81 bits per heavy atom. The maximum atomic E-state index is 11.7. The van der Waals surface area contributed by atoms with E-state index in [2.05, 4.69) is 10.5 Å². The molecule has 2 rings (SSSR count). The minimum absolute atomic E-state index is 0.0703. The van der Waals surface area contributed by atoms with Gasteiger partial charge in [0.1, 0.15) is 0 Å². The summed E-state index contributed by atoms with van der Waals surface area (Å²) in [6.07, 6.45) is 3.27. The summed E-state index contributed by atoms with van der Waals surface area (Å²) in [7, 11) is 1.86. The molecule has 7 nitrogen and oxygen atoms in total. The van der Waals surface area contributed by atoms with E-state index in [9.17, 15) is 14.9 Å². The van der Waals surface area contributed by atoms with E-state index in [0.717, 1.165) is 5.69 Å². The van der Waals surface area contributed by atoms with Crippen molar-refractivity contribution in [2.75, 3.05) is 0 Å². The number of carbonyl (C=O) groups excluding carboxylic acids is 1. The topological polar surface area (TPSA) is 89.5 Å². The molecule has 1 amide bonds. The van der Waals surface area contributed by atoms with Crippen LogP contribution in [0.2, 0.25) is 0 Å². The van der Waals surface area contributed by atoms with Crippen LogP contribution in [0.5, 0.6) is 0 Å². The molecule has 2 aromatic rings. The first-order chi connectivity index (χ1) is 10.1. The predicted molar refractivity (Wildman–Crippen MR) is 78.0 cm³/mol. The standard InChI is InChI=1S/C14H14N4O3/c1-17-8-4-6-12(17)10-15-16-14(19)9-11-5-2-3-7-13(11)18(20)21/h2-8,10H,9H2,1H3,(H,16,19). The highest BCUT2D eigenvalue weighted by molar-refractivity contribution is 5.82. The van der Waals surface area contributed by atoms with Crippen molar-refractivity contribution in [3.8, 4) is 0 Å². The van der Waals surface area contributed by atoms with Gasteiger partial charge in [-0.25, -0.2) is 5.43 Å². The number of rotatable bonds is 5. The van der Waals surface area contributed by atoms with Crippen LogP contribution >= 0.6 is 0 Å². The molecule has 7 heteroatoms. The van der Waals surface area contributed by atoms with Crippen molar-refractivity contribution < 1.29 is 9.72 Å². The number of para-hydroxylation sites is 1. The molecule has 0 aliphatic rings. The number of benzene rings is 1. The van der Waals surface area contributed by atoms with Gasteiger partial charge in [-0.15, -0.1) is 0 Å². The van der Waals surface area contributed by atoms with Gasteiger partial charge in [-0.05, 0) is 12.1 Å². The van der Waals surface area contributed by atoms with Crippen molar-refractivity contribution in [3.05, 3.63) is 64.0 Å². The first-order valence-electron chi connectivity index (χ1n) is 6.23. The molecule has 1 heterocycles. The molecule has 0 bridgehead atoms. The highest BCUT2D eigenvalue weighted by Crippen LogP contribution is 2.17. The van der Waals surface area contributed by atoms with E-state index < -0.39 is 10.8 Å². The highest BCUT2D eigenvalue weighted by atomic mass is 16.6. The molecule has 108 valence electrons. The Morgan fingerprint density at radius 1 is 1.38 bits per heavy atom. The Labute approximate surface area is 121 Å². The Kier molecular flexibility index (Phi) is 4.45. The van der Waals surface area contributed by atoms with Gasteiger partial charge < -0.3 is 4.57 Å². The summed E-state index contributed by atoms with van der Waals surface area (Å²) in [4.78, 5) is 22.1. The van der Waals surface area contributed by atoms with E-state index in [0.29, 0.717) is 5.56 Å². The Balaban J connectivity index is 1.98. The molecule has 0 fully saturated rings. The fourth-order valence-corrected chi connectivity index (χ4v) is 1.83. The first-order valence-corrected chi connectivity index (χ1v) is 6.23. The molecular weight excluding hydrogens is 272 g/mol. The lowest BCUT2D eigenvalue weighted by atomic mass is 10.1. The Morgan fingerprint density at radius 2 is 2.14 bits per heavy atom. The number of aryl methyl sites for hydroxylation is 1. The van der Waals surface area contributed by atoms with Gasteiger partial charge in [0.25, 0.3) is 5.69 Å². The van der Waals surface area contributed by atoms with Gasteiger partial charge in [0.05, 0.1) is 23.3 Å². The SMILES string of the molecule is Cn1cccc1C=NNC(=O)Cc1ccccc1[N+](=O)[O-]. The average Bonchev–Trinajstić information content (AvgIpc) is 2.85. The fraction of sp³-hybridized carbons (Fsp3) is 0.143. The predicted octanol–water partition coefficient (Wildman–Crippen LogP) is 1.63. The minimum Gasteiger partial charge on any atom is -0.350 e. The van der Waals surface area contributed by atoms with E-state index >= 15 is 0 Å². The smallest absolute Gasteiger partial charge is 0.273 e. The molecule has 1 aromatic carbocycles. The zero-order valence-electron chi connectivity index (χ0n) is 11.4. The number of hydrogen-bond donors (Lipinski definition) is 1. The molecule has 0 unspecified atom stereocenters. The number of hydrogen-bond acceptors (Lipinski definition) is 4. The van der Waals surface area contributed by atoms with Crippen LogP contribution in [0.1, 0.15) is 11.3 Å². The number of hydrazone groups is 1. The van der Waals surface area contributed by atoms with Gasteiger partial charge in [-0.1, -0.05) is 18.2 Å². The van der Waals surface area contributed by atoms with E-state index in [-0.39, 0.29) is 12.1 Å². The summed E-state index contributed by atoms with van der Waals surface area (Å²) in [6, 6.07) is 9.85. The molecule has 0 radical (unpaired) electrons. The van der Waals surface area contributed by atoms with Gasteiger partial charge in [-0.3, -0.25) is 14.9 Å². The lowest BCUT2D eigenvalue weighted by Gasteiger charge is -2.02. The van der Waals surface area contributed by atoms with E-state index in [4.69, 9.17) is 0 Å². The minimum atomic E-state index is -0.504. The number of nitrogens with one attached hydrogen (secondary N) is 1. The zero-order valence-corrected chi connectivity index (χ0v) is 11.4. The highest BCUT2D eigenvalue weighted by Gasteiger charge is 2.14. The van der Waals surface area contributed by atoms with Gasteiger partial charge in [0.2, 0.25) is 5.91 Å². The van der Waals surface area contributed by atoms with Gasteiger partial charge in [0, 0.05) is 24.9 Å². The van der Waals surface area contributed by atoms with Gasteiger partial charge in [-0.2, -0.15) is 5.10 Å². The fourth-order valence-electron chi connectivity index (χ4n) is 1.83. The third kappa shape index (κ3) is 3.75. The average molecular weight is 286 g/mol. The Hall–Kier alpha value is -2.96. The number of carbonyl (C=O) groups is 1. The summed E-state index contributed by atoms with van der Waals surface area (Å²) in [5, 5.41) is 14.7. The molecule has 0 atom stereocenters. The maximum absolute atomic E-state index is 11.7. The van der Waals surface area contributed by atoms with Crippen LogP contribution < -0.4 is 5.43 Å². The molecule has 0 spiro atoms. The molecule has 0 saturated carbocycles. The maximum Gasteiger partial charge on any atom is 0.273 e. The van der Waals surface area contributed by atoms with Gasteiger partial charge >= 0.3 is 0 Å². The van der Waals surface area contributed by atoms with Crippen LogP contribution in [0.3, 0.4) is 0 Å². The van der Waals surface area contributed by atoms with Crippen LogP contribution in [0, 0.1) is 10.1 Å². The van der Waals surface area contributed by atoms with Crippen molar-refractivity contribution in [3.63, 3.8) is 0 Å². The van der Waals surface area contributed by atoms with Crippen LogP contribution in [-0.2, 0) is 18.3 Å². The number of nitrogens with zero attached hydrogens (tertiary/aromatic N) is 3. The van der Waals surface area contributed by atoms with E-state index in [1.165, 1.54) is 12.3 Å². The summed E-state index contributed by atoms with van der Waals surface area (Å²) < 4.78 is 1.84. The summed E-state index contributed by atoms with van der Waals surface area (Å²) in [5.74, 6) is -0.408. The largest absolute Gasteiger partial charge is 0.350 e. The quantitative estimate of drug-likeness (QED) is 0.514. The lowest BCUT2D eigenvalue weighted by molar-refractivity contribution is -0.385. The number of amides is 1. The van der Waals surface area contributed by atoms with Crippen molar-refractivity contribution in [2.24, 2.45) is 12.1 Å². The van der Waals surface area contributed by atoms with Gasteiger partial charge in [0.15, 0.2) is 0 Å². The molecule has 0 aliphatic carbocycles. The molecule has 1 aromatic heterocycles. The summed E-state index contributed by atoms with van der Waals surface area (Å²) in [5.41, 5.74) is 3.48. The van der Waals surface area contributed by atoms with Crippen molar-refractivity contribution in [2.45, 2.75) is 6.42 Å². The lowest BCUT2D eigenvalue weighted by Crippen LogP contribution is -2.20. The molecule has 21 heavy (non-hydrogen) atoms. The third-order valence-electron chi connectivity index (χ3n) is 2.91. The zero-order chi connectivity index (χ0) is 15.2. The van der Waals surface area contributed by atoms with Crippen molar-refractivity contribution in [1.29, 1.82) is 0 Å². The third-order valence-corrected chi connectivity index (χ3v) is 2.91. The summed E-state index contributed by atoms with van der Waals surface area (Å²) >= 11 is 0. The number of nitro groups is 1. The van der Waals surface area contributed by atoms with E-state index in [1.54, 1.807) is 18.2 Å². The molecule has 0 saturated heterocycles. The second kappa shape index (κ2) is 6.47.